The summed E-state index contributed by atoms with van der Waals surface area (Å²) in [6, 6.07) is -0.623. The number of rotatable bonds is 5. The molecule has 0 bridgehead atoms. The summed E-state index contributed by atoms with van der Waals surface area (Å²) in [4.78, 5) is 10.7. The molecule has 0 spiro atoms. The highest BCUT2D eigenvalue weighted by atomic mass is 16.1. The molecule has 0 aromatic carbocycles. The van der Waals surface area contributed by atoms with E-state index in [9.17, 15) is 4.79 Å². The molecule has 3 heteroatoms. The Bertz CT molecular complexity index is 241. The summed E-state index contributed by atoms with van der Waals surface area (Å²) in [6.45, 7) is 5.46. The first-order valence-electron chi connectivity index (χ1n) is 4.11. The van der Waals surface area contributed by atoms with Crippen molar-refractivity contribution in [3.05, 3.63) is 36.5 Å². The van der Waals surface area contributed by atoms with Gasteiger partial charge in [0.05, 0.1) is 6.04 Å². The molecule has 0 saturated heterocycles. The van der Waals surface area contributed by atoms with Gasteiger partial charge in [-0.2, -0.15) is 0 Å². The maximum Gasteiger partial charge on any atom is 0.234 e. The minimum Gasteiger partial charge on any atom is -0.368 e. The monoisotopic (exact) mass is 180 g/mol. The first-order valence-corrected chi connectivity index (χ1v) is 4.11. The Morgan fingerprint density at radius 3 is 2.62 bits per heavy atom. The molecule has 4 N–H and O–H groups in total. The highest BCUT2D eigenvalue weighted by molar-refractivity contribution is 5.80. The molecule has 1 amide bonds. The van der Waals surface area contributed by atoms with E-state index >= 15 is 0 Å². The fourth-order valence-electron chi connectivity index (χ4n) is 0.912. The van der Waals surface area contributed by atoms with Gasteiger partial charge < -0.3 is 11.5 Å². The van der Waals surface area contributed by atoms with Crippen molar-refractivity contribution in [3.8, 4) is 0 Å². The summed E-state index contributed by atoms with van der Waals surface area (Å²) >= 11 is 0. The van der Waals surface area contributed by atoms with Gasteiger partial charge in [-0.1, -0.05) is 30.9 Å². The zero-order chi connectivity index (χ0) is 10.3. The number of primary amides is 1. The Balaban J connectivity index is 4.34. The fraction of sp³-hybridized carbons (Fsp3) is 0.300. The second-order valence-electron chi connectivity index (χ2n) is 2.69. The number of nitrogens with two attached hydrogens (primary N) is 2. The van der Waals surface area contributed by atoms with E-state index in [2.05, 4.69) is 6.58 Å². The van der Waals surface area contributed by atoms with E-state index in [1.165, 1.54) is 0 Å². The maximum absolute atomic E-state index is 10.7. The molecule has 0 aliphatic rings. The second kappa shape index (κ2) is 6.20. The Kier molecular flexibility index (Phi) is 5.55. The van der Waals surface area contributed by atoms with E-state index in [-0.39, 0.29) is 0 Å². The van der Waals surface area contributed by atoms with Crippen molar-refractivity contribution in [1.29, 1.82) is 0 Å². The standard InChI is InChI=1S/C10H16N2O/c1-3-5-8(6-4-2)7-9(11)10(12)13/h3-6,9H,1,7,11H2,2H3,(H2,12,13)/b6-4-,8-5+. The highest BCUT2D eigenvalue weighted by Gasteiger charge is 2.09. The molecular weight excluding hydrogens is 164 g/mol. The lowest BCUT2D eigenvalue weighted by molar-refractivity contribution is -0.119. The lowest BCUT2D eigenvalue weighted by atomic mass is 10.1. The zero-order valence-electron chi connectivity index (χ0n) is 7.86. The van der Waals surface area contributed by atoms with Crippen LogP contribution in [0.3, 0.4) is 0 Å². The van der Waals surface area contributed by atoms with E-state index in [4.69, 9.17) is 11.5 Å². The Labute approximate surface area is 78.8 Å². The predicted octanol–water partition coefficient (Wildman–Crippen LogP) is 0.878. The normalized spacial score (nSPS) is 14.5. The van der Waals surface area contributed by atoms with Gasteiger partial charge in [0.2, 0.25) is 5.91 Å². The van der Waals surface area contributed by atoms with E-state index in [1.54, 1.807) is 6.08 Å². The molecule has 13 heavy (non-hydrogen) atoms. The summed E-state index contributed by atoms with van der Waals surface area (Å²) in [5.41, 5.74) is 11.5. The summed E-state index contributed by atoms with van der Waals surface area (Å²) in [5.74, 6) is -0.487. The Hall–Kier alpha value is -1.35. The van der Waals surface area contributed by atoms with Crippen LogP contribution in [0, 0.1) is 0 Å². The van der Waals surface area contributed by atoms with E-state index in [0.717, 1.165) is 5.57 Å². The smallest absolute Gasteiger partial charge is 0.234 e. The molecule has 0 fully saturated rings. The van der Waals surface area contributed by atoms with Crippen LogP contribution in [0.25, 0.3) is 0 Å². The summed E-state index contributed by atoms with van der Waals surface area (Å²) < 4.78 is 0. The number of carbonyl (C=O) groups excluding carboxylic acids is 1. The average Bonchev–Trinajstić information content (AvgIpc) is 2.05. The molecule has 0 rings (SSSR count). The predicted molar refractivity (Wildman–Crippen MR) is 54.9 cm³/mol. The molecular formula is C10H16N2O. The third-order valence-electron chi connectivity index (χ3n) is 1.53. The Morgan fingerprint density at radius 2 is 2.23 bits per heavy atom. The minimum atomic E-state index is -0.623. The van der Waals surface area contributed by atoms with Crippen LogP contribution in [0.4, 0.5) is 0 Å². The van der Waals surface area contributed by atoms with Gasteiger partial charge in [0.1, 0.15) is 0 Å². The Morgan fingerprint density at radius 1 is 1.62 bits per heavy atom. The summed E-state index contributed by atoms with van der Waals surface area (Å²) in [5, 5.41) is 0. The van der Waals surface area contributed by atoms with Gasteiger partial charge in [0.25, 0.3) is 0 Å². The topological polar surface area (TPSA) is 69.1 Å². The van der Waals surface area contributed by atoms with Gasteiger partial charge in [-0.3, -0.25) is 4.79 Å². The lowest BCUT2D eigenvalue weighted by Crippen LogP contribution is -2.36. The number of hydrogen-bond donors (Lipinski definition) is 2. The number of hydrogen-bond acceptors (Lipinski definition) is 2. The van der Waals surface area contributed by atoms with Crippen molar-refractivity contribution in [2.24, 2.45) is 11.5 Å². The molecule has 0 aromatic heterocycles. The van der Waals surface area contributed by atoms with Crippen LogP contribution in [-0.2, 0) is 4.79 Å². The van der Waals surface area contributed by atoms with Crippen LogP contribution in [0.2, 0.25) is 0 Å². The fourth-order valence-corrected chi connectivity index (χ4v) is 0.912. The largest absolute Gasteiger partial charge is 0.368 e. The molecule has 0 aliphatic carbocycles. The molecule has 1 atom stereocenters. The van der Waals surface area contributed by atoms with Crippen LogP contribution in [0.15, 0.2) is 36.5 Å². The zero-order valence-corrected chi connectivity index (χ0v) is 7.86. The third-order valence-corrected chi connectivity index (χ3v) is 1.53. The number of amides is 1. The second-order valence-corrected chi connectivity index (χ2v) is 2.69. The van der Waals surface area contributed by atoms with Gasteiger partial charge in [-0.05, 0) is 18.9 Å². The van der Waals surface area contributed by atoms with Gasteiger partial charge in [0, 0.05) is 0 Å². The number of allylic oxidation sites excluding steroid dienone is 4. The molecule has 0 radical (unpaired) electrons. The van der Waals surface area contributed by atoms with Crippen molar-refractivity contribution >= 4 is 5.91 Å². The molecule has 0 heterocycles. The number of carbonyl (C=O) groups is 1. The molecule has 0 aliphatic heterocycles. The highest BCUT2D eigenvalue weighted by Crippen LogP contribution is 2.06. The lowest BCUT2D eigenvalue weighted by Gasteiger charge is -2.07. The van der Waals surface area contributed by atoms with Crippen molar-refractivity contribution < 1.29 is 4.79 Å². The van der Waals surface area contributed by atoms with Gasteiger partial charge in [-0.15, -0.1) is 0 Å². The van der Waals surface area contributed by atoms with Crippen LogP contribution >= 0.6 is 0 Å². The van der Waals surface area contributed by atoms with Crippen LogP contribution in [0.1, 0.15) is 13.3 Å². The molecule has 1 unspecified atom stereocenters. The maximum atomic E-state index is 10.7. The van der Waals surface area contributed by atoms with E-state index < -0.39 is 11.9 Å². The molecule has 0 saturated carbocycles. The first-order chi connectivity index (χ1) is 6.11. The van der Waals surface area contributed by atoms with Crippen LogP contribution in [-0.4, -0.2) is 11.9 Å². The SMILES string of the molecule is C=C/C=C(\C=C/C)CC(N)C(N)=O. The van der Waals surface area contributed by atoms with Crippen LogP contribution in [0.5, 0.6) is 0 Å². The molecule has 3 nitrogen and oxygen atoms in total. The van der Waals surface area contributed by atoms with Gasteiger partial charge in [0.15, 0.2) is 0 Å². The average molecular weight is 180 g/mol. The first kappa shape index (κ1) is 11.6. The van der Waals surface area contributed by atoms with Crippen LogP contribution < -0.4 is 11.5 Å². The summed E-state index contributed by atoms with van der Waals surface area (Å²) in [7, 11) is 0. The minimum absolute atomic E-state index is 0.450. The molecule has 0 aromatic rings. The summed E-state index contributed by atoms with van der Waals surface area (Å²) in [6.07, 6.45) is 7.67. The molecule has 72 valence electrons. The quantitative estimate of drug-likeness (QED) is 0.616. The van der Waals surface area contributed by atoms with E-state index in [1.807, 2.05) is 25.2 Å². The van der Waals surface area contributed by atoms with Gasteiger partial charge in [-0.25, -0.2) is 0 Å². The van der Waals surface area contributed by atoms with E-state index in [0.29, 0.717) is 6.42 Å². The van der Waals surface area contributed by atoms with Crippen molar-refractivity contribution in [2.75, 3.05) is 0 Å². The van der Waals surface area contributed by atoms with Crippen molar-refractivity contribution in [2.45, 2.75) is 19.4 Å². The van der Waals surface area contributed by atoms with Crippen molar-refractivity contribution in [3.63, 3.8) is 0 Å². The van der Waals surface area contributed by atoms with Crippen molar-refractivity contribution in [1.82, 2.24) is 0 Å². The van der Waals surface area contributed by atoms with Gasteiger partial charge >= 0.3 is 0 Å². The third kappa shape index (κ3) is 4.98.